The monoisotopic (exact) mass is 444 g/mol. The van der Waals surface area contributed by atoms with Crippen LogP contribution in [0.1, 0.15) is 75.9 Å². The molecule has 33 heavy (non-hydrogen) atoms. The van der Waals surface area contributed by atoms with Gasteiger partial charge >= 0.3 is 0 Å². The number of hydrogen-bond acceptors (Lipinski definition) is 6. The lowest BCUT2D eigenvalue weighted by molar-refractivity contribution is 0.445. The highest BCUT2D eigenvalue weighted by atomic mass is 15.6. The minimum atomic E-state index is -0.222. The van der Waals surface area contributed by atoms with E-state index < -0.39 is 0 Å². The normalized spacial score (nSPS) is 13.3. The summed E-state index contributed by atoms with van der Waals surface area (Å²) in [7, 11) is 0. The van der Waals surface area contributed by atoms with E-state index in [-0.39, 0.29) is 16.9 Å². The van der Waals surface area contributed by atoms with Gasteiger partial charge in [-0.3, -0.25) is 0 Å². The second-order valence-electron chi connectivity index (χ2n) is 10.3. The topological polar surface area (TPSA) is 87.2 Å². The van der Waals surface area contributed by atoms with E-state index in [9.17, 15) is 0 Å². The summed E-state index contributed by atoms with van der Waals surface area (Å²) in [6, 6.07) is 19.0. The van der Waals surface area contributed by atoms with Crippen LogP contribution in [0.25, 0.3) is 0 Å². The van der Waals surface area contributed by atoms with Crippen LogP contribution >= 0.6 is 0 Å². The fourth-order valence-corrected chi connectivity index (χ4v) is 4.14. The molecular formula is C25H32N8. The number of nitrogens with zero attached hydrogens (tertiary/aromatic N) is 8. The first-order chi connectivity index (χ1) is 15.6. The molecule has 1 atom stereocenters. The van der Waals surface area contributed by atoms with Crippen molar-refractivity contribution in [3.8, 4) is 0 Å². The minimum absolute atomic E-state index is 0.0504. The Bertz CT molecular complexity index is 1180. The SMILES string of the molecule is C[C@@H](c1ccc(CC(C)(C)c2nnnn2Cc2ccccc2)cc1)n1nnnc1C(C)(C)C. The molecule has 8 heteroatoms. The summed E-state index contributed by atoms with van der Waals surface area (Å²) in [5.41, 5.74) is 3.24. The van der Waals surface area contributed by atoms with Crippen molar-refractivity contribution in [2.75, 3.05) is 0 Å². The average molecular weight is 445 g/mol. The average Bonchev–Trinajstić information content (AvgIpc) is 3.44. The summed E-state index contributed by atoms with van der Waals surface area (Å²) in [5.74, 6) is 1.76. The Morgan fingerprint density at radius 2 is 1.39 bits per heavy atom. The summed E-state index contributed by atoms with van der Waals surface area (Å²) >= 11 is 0. The van der Waals surface area contributed by atoms with E-state index in [4.69, 9.17) is 0 Å². The van der Waals surface area contributed by atoms with Crippen LogP contribution in [-0.2, 0) is 23.8 Å². The first-order valence-corrected chi connectivity index (χ1v) is 11.3. The maximum absolute atomic E-state index is 4.37. The zero-order valence-corrected chi connectivity index (χ0v) is 20.3. The molecule has 0 N–H and O–H groups in total. The molecule has 0 fully saturated rings. The smallest absolute Gasteiger partial charge is 0.157 e. The van der Waals surface area contributed by atoms with E-state index in [1.54, 1.807) is 0 Å². The third kappa shape index (κ3) is 4.99. The Kier molecular flexibility index (Phi) is 6.10. The van der Waals surface area contributed by atoms with Crippen molar-refractivity contribution < 1.29 is 0 Å². The molecule has 2 aromatic carbocycles. The Hall–Kier alpha value is -3.42. The third-order valence-electron chi connectivity index (χ3n) is 5.95. The van der Waals surface area contributed by atoms with Gasteiger partial charge in [-0.2, -0.15) is 0 Å². The van der Waals surface area contributed by atoms with Gasteiger partial charge in [0.25, 0.3) is 0 Å². The van der Waals surface area contributed by atoms with Crippen molar-refractivity contribution >= 4 is 0 Å². The molecule has 2 heterocycles. The van der Waals surface area contributed by atoms with E-state index in [1.165, 1.54) is 16.7 Å². The van der Waals surface area contributed by atoms with Crippen LogP contribution in [0.3, 0.4) is 0 Å². The molecule has 2 aromatic heterocycles. The molecular weight excluding hydrogens is 412 g/mol. The van der Waals surface area contributed by atoms with Crippen molar-refractivity contribution in [3.05, 3.63) is 82.9 Å². The van der Waals surface area contributed by atoms with Gasteiger partial charge in [0.15, 0.2) is 11.6 Å². The molecule has 0 aliphatic heterocycles. The maximum Gasteiger partial charge on any atom is 0.157 e. The molecule has 0 spiro atoms. The quantitative estimate of drug-likeness (QED) is 0.426. The van der Waals surface area contributed by atoms with Crippen LogP contribution < -0.4 is 0 Å². The first-order valence-electron chi connectivity index (χ1n) is 11.3. The lowest BCUT2D eigenvalue weighted by atomic mass is 9.84. The molecule has 0 bridgehead atoms. The van der Waals surface area contributed by atoms with Crippen LogP contribution in [0.2, 0.25) is 0 Å². The van der Waals surface area contributed by atoms with Crippen LogP contribution in [0.15, 0.2) is 54.6 Å². The van der Waals surface area contributed by atoms with Crippen molar-refractivity contribution in [3.63, 3.8) is 0 Å². The largest absolute Gasteiger partial charge is 0.225 e. The molecule has 0 saturated carbocycles. The molecule has 0 radical (unpaired) electrons. The van der Waals surface area contributed by atoms with Crippen LogP contribution in [0.4, 0.5) is 0 Å². The lowest BCUT2D eigenvalue weighted by Crippen LogP contribution is -2.26. The minimum Gasteiger partial charge on any atom is -0.225 e. The molecule has 0 amide bonds. The van der Waals surface area contributed by atoms with Gasteiger partial charge in [0, 0.05) is 10.8 Å². The molecule has 0 aliphatic rings. The van der Waals surface area contributed by atoms with Crippen molar-refractivity contribution in [1.29, 1.82) is 0 Å². The molecule has 0 unspecified atom stereocenters. The summed E-state index contributed by atoms with van der Waals surface area (Å²) in [6.07, 6.45) is 0.828. The fraction of sp³-hybridized carbons (Fsp3) is 0.440. The maximum atomic E-state index is 4.37. The van der Waals surface area contributed by atoms with Crippen molar-refractivity contribution in [2.45, 2.75) is 71.4 Å². The number of tetrazole rings is 2. The zero-order valence-electron chi connectivity index (χ0n) is 20.3. The second-order valence-corrected chi connectivity index (χ2v) is 10.3. The van der Waals surface area contributed by atoms with Gasteiger partial charge in [0.2, 0.25) is 0 Å². The molecule has 0 aliphatic carbocycles. The number of aromatic nitrogens is 8. The number of rotatable bonds is 7. The number of benzene rings is 2. The van der Waals surface area contributed by atoms with Gasteiger partial charge in [-0.1, -0.05) is 89.2 Å². The van der Waals surface area contributed by atoms with Gasteiger partial charge < -0.3 is 0 Å². The van der Waals surface area contributed by atoms with Gasteiger partial charge in [-0.05, 0) is 50.9 Å². The van der Waals surface area contributed by atoms with E-state index in [1.807, 2.05) is 27.6 Å². The van der Waals surface area contributed by atoms with E-state index in [2.05, 4.69) is 109 Å². The standard InChI is InChI=1S/C25H32N8/c1-18(33-22(24(2,3)4)26-29-31-33)21-14-12-19(13-15-21)16-25(5,6)23-27-28-30-32(23)17-20-10-8-7-9-11-20/h7-15,18H,16-17H2,1-6H3/t18-/m0/s1. The molecule has 8 nitrogen and oxygen atoms in total. The molecule has 0 saturated heterocycles. The van der Waals surface area contributed by atoms with E-state index >= 15 is 0 Å². The Balaban J connectivity index is 1.51. The predicted molar refractivity (Wildman–Crippen MR) is 127 cm³/mol. The van der Waals surface area contributed by atoms with Crippen molar-refractivity contribution in [2.24, 2.45) is 0 Å². The number of hydrogen-bond donors (Lipinski definition) is 0. The predicted octanol–water partition coefficient (Wildman–Crippen LogP) is 4.14. The summed E-state index contributed by atoms with van der Waals surface area (Å²) in [5, 5.41) is 25.0. The molecule has 4 aromatic rings. The lowest BCUT2D eigenvalue weighted by Gasteiger charge is -2.24. The second kappa shape index (κ2) is 8.84. The summed E-state index contributed by atoms with van der Waals surface area (Å²) in [4.78, 5) is 0. The molecule has 172 valence electrons. The summed E-state index contributed by atoms with van der Waals surface area (Å²) < 4.78 is 3.81. The Morgan fingerprint density at radius 1 is 0.758 bits per heavy atom. The van der Waals surface area contributed by atoms with Gasteiger partial charge in [-0.25, -0.2) is 9.36 Å². The van der Waals surface area contributed by atoms with Gasteiger partial charge in [-0.15, -0.1) is 10.2 Å². The van der Waals surface area contributed by atoms with Gasteiger partial charge in [0.05, 0.1) is 12.6 Å². The fourth-order valence-electron chi connectivity index (χ4n) is 4.14. The van der Waals surface area contributed by atoms with E-state index in [0.717, 1.165) is 18.1 Å². The third-order valence-corrected chi connectivity index (χ3v) is 5.95. The van der Waals surface area contributed by atoms with Crippen LogP contribution in [0, 0.1) is 0 Å². The van der Waals surface area contributed by atoms with E-state index in [0.29, 0.717) is 6.54 Å². The highest BCUT2D eigenvalue weighted by Crippen LogP contribution is 2.28. The Labute approximate surface area is 195 Å². The Morgan fingerprint density at radius 3 is 2.06 bits per heavy atom. The highest BCUT2D eigenvalue weighted by Gasteiger charge is 2.29. The zero-order chi connectivity index (χ0) is 23.6. The van der Waals surface area contributed by atoms with Crippen molar-refractivity contribution in [1.82, 2.24) is 40.4 Å². The van der Waals surface area contributed by atoms with Crippen LogP contribution in [0.5, 0.6) is 0 Å². The van der Waals surface area contributed by atoms with Crippen LogP contribution in [-0.4, -0.2) is 40.4 Å². The molecule has 4 rings (SSSR count). The highest BCUT2D eigenvalue weighted by molar-refractivity contribution is 5.28. The summed E-state index contributed by atoms with van der Waals surface area (Å²) in [6.45, 7) is 13.5. The van der Waals surface area contributed by atoms with Gasteiger partial charge in [0.1, 0.15) is 0 Å². The first kappa shape index (κ1) is 22.8.